The van der Waals surface area contributed by atoms with Gasteiger partial charge >= 0.3 is 0 Å². The first-order valence-corrected chi connectivity index (χ1v) is 4.64. The van der Waals surface area contributed by atoms with E-state index in [-0.39, 0.29) is 0 Å². The fraction of sp³-hybridized carbons (Fsp3) is 0.900. The zero-order chi connectivity index (χ0) is 8.69. The molecule has 1 radical (unpaired) electrons. The summed E-state index contributed by atoms with van der Waals surface area (Å²) in [4.78, 5) is 0. The Hall–Kier alpha value is -0.0400. The third-order valence-electron chi connectivity index (χ3n) is 1.83. The van der Waals surface area contributed by atoms with Gasteiger partial charge in [-0.25, -0.2) is 0 Å². The number of hydrogen-bond donors (Lipinski definition) is 0. The van der Waals surface area contributed by atoms with Gasteiger partial charge in [-0.05, 0) is 19.3 Å². The third-order valence-corrected chi connectivity index (χ3v) is 1.83. The first-order chi connectivity index (χ1) is 5.22. The molecule has 0 aromatic rings. The fourth-order valence-corrected chi connectivity index (χ4v) is 1.13. The molecule has 0 saturated heterocycles. The van der Waals surface area contributed by atoms with Crippen molar-refractivity contribution in [2.75, 3.05) is 6.61 Å². The lowest BCUT2D eigenvalue weighted by molar-refractivity contribution is 0.0660. The van der Waals surface area contributed by atoms with Crippen molar-refractivity contribution in [3.05, 3.63) is 5.92 Å². The molecule has 0 amide bonds. The predicted octanol–water partition coefficient (Wildman–Crippen LogP) is 3.20. The van der Waals surface area contributed by atoms with Gasteiger partial charge in [-0.1, -0.05) is 33.6 Å². The van der Waals surface area contributed by atoms with E-state index in [0.717, 1.165) is 6.61 Å². The normalized spacial score (nSPS) is 13.9. The van der Waals surface area contributed by atoms with E-state index in [0.29, 0.717) is 6.10 Å². The summed E-state index contributed by atoms with van der Waals surface area (Å²) >= 11 is 0. The van der Waals surface area contributed by atoms with Gasteiger partial charge < -0.3 is 4.74 Å². The van der Waals surface area contributed by atoms with Crippen LogP contribution in [0.2, 0.25) is 0 Å². The SMILES string of the molecule is CCCCC(OCC)[C](C)C. The summed E-state index contributed by atoms with van der Waals surface area (Å²) in [6, 6.07) is 0. The lowest BCUT2D eigenvalue weighted by Crippen LogP contribution is -2.17. The van der Waals surface area contributed by atoms with Gasteiger partial charge in [0.05, 0.1) is 6.10 Å². The summed E-state index contributed by atoms with van der Waals surface area (Å²) in [5.74, 6) is 1.40. The molecular formula is C10H21O. The Morgan fingerprint density at radius 2 is 1.91 bits per heavy atom. The predicted molar refractivity (Wildman–Crippen MR) is 49.5 cm³/mol. The van der Waals surface area contributed by atoms with Crippen molar-refractivity contribution in [2.24, 2.45) is 0 Å². The van der Waals surface area contributed by atoms with Crippen LogP contribution in [0.25, 0.3) is 0 Å². The van der Waals surface area contributed by atoms with E-state index in [9.17, 15) is 0 Å². The Morgan fingerprint density at radius 3 is 2.27 bits per heavy atom. The van der Waals surface area contributed by atoms with Crippen LogP contribution in [0.15, 0.2) is 0 Å². The minimum Gasteiger partial charge on any atom is -0.378 e. The summed E-state index contributed by atoms with van der Waals surface area (Å²) in [5, 5.41) is 0. The Balaban J connectivity index is 3.51. The van der Waals surface area contributed by atoms with Gasteiger partial charge in [0, 0.05) is 6.61 Å². The quantitative estimate of drug-likeness (QED) is 0.575. The molecule has 0 aliphatic carbocycles. The van der Waals surface area contributed by atoms with Crippen LogP contribution in [-0.2, 0) is 4.74 Å². The molecule has 0 fully saturated rings. The van der Waals surface area contributed by atoms with E-state index in [1.165, 1.54) is 25.2 Å². The molecule has 1 heteroatoms. The van der Waals surface area contributed by atoms with Crippen LogP contribution >= 0.6 is 0 Å². The van der Waals surface area contributed by atoms with E-state index in [4.69, 9.17) is 4.74 Å². The minimum atomic E-state index is 0.403. The topological polar surface area (TPSA) is 9.23 Å². The van der Waals surface area contributed by atoms with Crippen molar-refractivity contribution in [2.45, 2.75) is 53.1 Å². The third kappa shape index (κ3) is 5.25. The molecule has 0 heterocycles. The van der Waals surface area contributed by atoms with Crippen molar-refractivity contribution < 1.29 is 4.74 Å². The van der Waals surface area contributed by atoms with Gasteiger partial charge in [-0.15, -0.1) is 0 Å². The molecule has 0 spiro atoms. The van der Waals surface area contributed by atoms with Crippen molar-refractivity contribution in [1.29, 1.82) is 0 Å². The largest absolute Gasteiger partial charge is 0.378 e. The average Bonchev–Trinajstić information content (AvgIpc) is 1.97. The Labute approximate surface area is 71.1 Å². The molecule has 0 aromatic heterocycles. The van der Waals surface area contributed by atoms with E-state index >= 15 is 0 Å². The van der Waals surface area contributed by atoms with E-state index < -0.39 is 0 Å². The summed E-state index contributed by atoms with van der Waals surface area (Å²) < 4.78 is 5.57. The van der Waals surface area contributed by atoms with Gasteiger partial charge in [0.1, 0.15) is 0 Å². The molecule has 0 aliphatic heterocycles. The molecule has 0 aromatic carbocycles. The molecule has 0 rings (SSSR count). The number of rotatable bonds is 6. The van der Waals surface area contributed by atoms with Gasteiger partial charge in [0.25, 0.3) is 0 Å². The molecule has 1 atom stereocenters. The van der Waals surface area contributed by atoms with Crippen LogP contribution in [0.4, 0.5) is 0 Å². The molecule has 0 aliphatic rings. The standard InChI is InChI=1S/C10H21O/c1-5-7-8-10(9(3)4)11-6-2/h10H,5-8H2,1-4H3. The lowest BCUT2D eigenvalue weighted by atomic mass is 10.0. The molecule has 0 N–H and O–H groups in total. The monoisotopic (exact) mass is 157 g/mol. The highest BCUT2D eigenvalue weighted by Crippen LogP contribution is 2.15. The maximum Gasteiger partial charge on any atom is 0.0631 e. The number of hydrogen-bond acceptors (Lipinski definition) is 1. The van der Waals surface area contributed by atoms with E-state index in [2.05, 4.69) is 27.7 Å². The molecule has 67 valence electrons. The number of ether oxygens (including phenoxy) is 1. The van der Waals surface area contributed by atoms with Crippen LogP contribution in [-0.4, -0.2) is 12.7 Å². The lowest BCUT2D eigenvalue weighted by Gasteiger charge is -2.19. The van der Waals surface area contributed by atoms with Crippen LogP contribution in [0.5, 0.6) is 0 Å². The summed E-state index contributed by atoms with van der Waals surface area (Å²) in [6.45, 7) is 9.40. The van der Waals surface area contributed by atoms with Crippen LogP contribution in [0.3, 0.4) is 0 Å². The first kappa shape index (κ1) is 11.0. The van der Waals surface area contributed by atoms with Crippen molar-refractivity contribution in [3.63, 3.8) is 0 Å². The smallest absolute Gasteiger partial charge is 0.0631 e. The molecular weight excluding hydrogens is 136 g/mol. The second kappa shape index (κ2) is 6.66. The zero-order valence-electron chi connectivity index (χ0n) is 8.31. The highest BCUT2D eigenvalue weighted by molar-refractivity contribution is 4.87. The van der Waals surface area contributed by atoms with Gasteiger partial charge in [0.15, 0.2) is 0 Å². The van der Waals surface area contributed by atoms with Crippen molar-refractivity contribution in [3.8, 4) is 0 Å². The number of unbranched alkanes of at least 4 members (excludes halogenated alkanes) is 1. The summed E-state index contributed by atoms with van der Waals surface area (Å²) in [6.07, 6.45) is 4.12. The summed E-state index contributed by atoms with van der Waals surface area (Å²) in [7, 11) is 0. The van der Waals surface area contributed by atoms with E-state index in [1.54, 1.807) is 0 Å². The van der Waals surface area contributed by atoms with Crippen molar-refractivity contribution >= 4 is 0 Å². The van der Waals surface area contributed by atoms with Crippen LogP contribution < -0.4 is 0 Å². The van der Waals surface area contributed by atoms with Gasteiger partial charge in [-0.3, -0.25) is 0 Å². The average molecular weight is 157 g/mol. The highest BCUT2D eigenvalue weighted by atomic mass is 16.5. The second-order valence-corrected chi connectivity index (χ2v) is 3.16. The zero-order valence-corrected chi connectivity index (χ0v) is 8.31. The van der Waals surface area contributed by atoms with Gasteiger partial charge in [-0.2, -0.15) is 0 Å². The van der Waals surface area contributed by atoms with E-state index in [1.807, 2.05) is 0 Å². The Morgan fingerprint density at radius 1 is 1.27 bits per heavy atom. The molecule has 0 bridgehead atoms. The second-order valence-electron chi connectivity index (χ2n) is 3.16. The summed E-state index contributed by atoms with van der Waals surface area (Å²) in [5.41, 5.74) is 0. The molecule has 11 heavy (non-hydrogen) atoms. The Kier molecular flexibility index (Phi) is 6.63. The minimum absolute atomic E-state index is 0.403. The molecule has 1 unspecified atom stereocenters. The fourth-order valence-electron chi connectivity index (χ4n) is 1.13. The maximum absolute atomic E-state index is 5.57. The maximum atomic E-state index is 5.57. The van der Waals surface area contributed by atoms with Gasteiger partial charge in [0.2, 0.25) is 0 Å². The molecule has 1 nitrogen and oxygen atoms in total. The molecule has 0 saturated carbocycles. The Bertz CT molecular complexity index is 78.9. The van der Waals surface area contributed by atoms with Crippen molar-refractivity contribution in [1.82, 2.24) is 0 Å². The highest BCUT2D eigenvalue weighted by Gasteiger charge is 2.11. The first-order valence-electron chi connectivity index (χ1n) is 4.64. The van der Waals surface area contributed by atoms with Crippen LogP contribution in [0.1, 0.15) is 47.0 Å². The van der Waals surface area contributed by atoms with Crippen LogP contribution in [0, 0.1) is 5.92 Å².